The number of aliphatic hydroxyl groups is 1. The van der Waals surface area contributed by atoms with Gasteiger partial charge in [0, 0.05) is 39.6 Å². The molecule has 7 heteroatoms. The number of imide groups is 2. The standard InChI is InChI=1S/C31H24N2O5/c1-3-19-6-4-5-17(2)27(19)33-30(37)23-13-11-21-25-22(12-14-24(26(23)25)31(33)38)29(36)32(28(21)35)20-9-7-18(8-10-20)15-16-34/h4-14,34H,3,15-16H2,1-2H3. The molecule has 0 saturated carbocycles. The van der Waals surface area contributed by atoms with Gasteiger partial charge in [0.2, 0.25) is 0 Å². The molecular formula is C31H24N2O5. The summed E-state index contributed by atoms with van der Waals surface area (Å²) in [5.74, 6) is -1.99. The number of anilines is 2. The Balaban J connectivity index is 1.51. The molecule has 188 valence electrons. The average Bonchev–Trinajstić information content (AvgIpc) is 2.92. The number of para-hydroxylation sites is 1. The minimum absolute atomic E-state index is 0.000567. The van der Waals surface area contributed by atoms with Crippen LogP contribution in [0.25, 0.3) is 10.8 Å². The predicted octanol–water partition coefficient (Wildman–Crippen LogP) is 4.85. The molecule has 4 aromatic carbocycles. The molecule has 0 bridgehead atoms. The summed E-state index contributed by atoms with van der Waals surface area (Å²) in [4.78, 5) is 57.2. The summed E-state index contributed by atoms with van der Waals surface area (Å²) in [6, 6.07) is 18.8. The van der Waals surface area contributed by atoms with Crippen molar-refractivity contribution in [3.63, 3.8) is 0 Å². The first-order valence-electron chi connectivity index (χ1n) is 12.5. The highest BCUT2D eigenvalue weighted by Gasteiger charge is 2.41. The van der Waals surface area contributed by atoms with Gasteiger partial charge in [0.05, 0.1) is 11.4 Å². The molecule has 0 saturated heterocycles. The van der Waals surface area contributed by atoms with Crippen molar-refractivity contribution in [1.82, 2.24) is 0 Å². The van der Waals surface area contributed by atoms with Crippen LogP contribution in [0.4, 0.5) is 11.4 Å². The molecule has 38 heavy (non-hydrogen) atoms. The summed E-state index contributed by atoms with van der Waals surface area (Å²) in [7, 11) is 0. The minimum atomic E-state index is -0.518. The molecule has 0 radical (unpaired) electrons. The molecule has 2 aliphatic heterocycles. The largest absolute Gasteiger partial charge is 0.396 e. The first-order valence-corrected chi connectivity index (χ1v) is 12.5. The molecule has 0 aromatic heterocycles. The Labute approximate surface area is 218 Å². The molecule has 0 atom stereocenters. The van der Waals surface area contributed by atoms with Gasteiger partial charge in [0.25, 0.3) is 23.6 Å². The summed E-state index contributed by atoms with van der Waals surface area (Å²) in [5, 5.41) is 9.86. The zero-order valence-corrected chi connectivity index (χ0v) is 20.9. The Morgan fingerprint density at radius 2 is 1.16 bits per heavy atom. The van der Waals surface area contributed by atoms with Crippen molar-refractivity contribution in [3.05, 3.63) is 106 Å². The van der Waals surface area contributed by atoms with Crippen molar-refractivity contribution in [3.8, 4) is 0 Å². The molecule has 0 aliphatic carbocycles. The second-order valence-electron chi connectivity index (χ2n) is 9.54. The summed E-state index contributed by atoms with van der Waals surface area (Å²) >= 11 is 0. The molecule has 6 rings (SSSR count). The van der Waals surface area contributed by atoms with Crippen LogP contribution in [0, 0.1) is 6.92 Å². The van der Waals surface area contributed by atoms with Gasteiger partial charge in [0.15, 0.2) is 0 Å². The van der Waals surface area contributed by atoms with Crippen LogP contribution >= 0.6 is 0 Å². The quantitative estimate of drug-likeness (QED) is 0.392. The maximum atomic E-state index is 13.8. The van der Waals surface area contributed by atoms with E-state index in [1.807, 2.05) is 32.0 Å². The minimum Gasteiger partial charge on any atom is -0.396 e. The van der Waals surface area contributed by atoms with Crippen molar-refractivity contribution in [2.75, 3.05) is 16.4 Å². The molecule has 0 fully saturated rings. The van der Waals surface area contributed by atoms with Crippen LogP contribution in [-0.4, -0.2) is 35.3 Å². The number of hydrogen-bond donors (Lipinski definition) is 1. The van der Waals surface area contributed by atoms with E-state index in [9.17, 15) is 24.3 Å². The first kappa shape index (κ1) is 23.8. The SMILES string of the molecule is CCc1cccc(C)c1N1C(=O)c2ccc3c4c(ccc(c24)C1=O)C(=O)N(c1ccc(CCO)cc1)C3=O. The summed E-state index contributed by atoms with van der Waals surface area (Å²) in [6.45, 7) is 3.84. The molecule has 2 aliphatic rings. The number of carbonyl (C=O) groups is 4. The maximum Gasteiger partial charge on any atom is 0.266 e. The topological polar surface area (TPSA) is 95.0 Å². The number of hydrogen-bond acceptors (Lipinski definition) is 5. The monoisotopic (exact) mass is 504 g/mol. The lowest BCUT2D eigenvalue weighted by atomic mass is 9.85. The van der Waals surface area contributed by atoms with Gasteiger partial charge < -0.3 is 5.11 Å². The van der Waals surface area contributed by atoms with Gasteiger partial charge in [-0.15, -0.1) is 0 Å². The summed E-state index contributed by atoms with van der Waals surface area (Å²) in [6.07, 6.45) is 1.12. The van der Waals surface area contributed by atoms with Gasteiger partial charge in [0.1, 0.15) is 0 Å². The van der Waals surface area contributed by atoms with E-state index < -0.39 is 23.6 Å². The second kappa shape index (κ2) is 8.75. The lowest BCUT2D eigenvalue weighted by Crippen LogP contribution is -2.44. The Bertz CT molecular complexity index is 1630. The Kier molecular flexibility index (Phi) is 5.47. The van der Waals surface area contributed by atoms with Gasteiger partial charge in [-0.2, -0.15) is 0 Å². The third kappa shape index (κ3) is 3.25. The fraction of sp³-hybridized carbons (Fsp3) is 0.161. The molecule has 4 amide bonds. The molecule has 1 N–H and O–H groups in total. The third-order valence-corrected chi connectivity index (χ3v) is 7.42. The van der Waals surface area contributed by atoms with Crippen molar-refractivity contribution >= 4 is 45.8 Å². The van der Waals surface area contributed by atoms with Gasteiger partial charge in [-0.05, 0) is 72.9 Å². The number of aryl methyl sites for hydroxylation is 2. The van der Waals surface area contributed by atoms with Gasteiger partial charge >= 0.3 is 0 Å². The van der Waals surface area contributed by atoms with E-state index in [2.05, 4.69) is 0 Å². The van der Waals surface area contributed by atoms with Crippen molar-refractivity contribution in [1.29, 1.82) is 0 Å². The molecule has 0 spiro atoms. The van der Waals surface area contributed by atoms with E-state index in [4.69, 9.17) is 0 Å². The smallest absolute Gasteiger partial charge is 0.266 e. The number of aliphatic hydroxyl groups excluding tert-OH is 1. The lowest BCUT2D eigenvalue weighted by molar-refractivity contribution is 0.0872. The number of benzene rings is 4. The van der Waals surface area contributed by atoms with Gasteiger partial charge in [-0.25, -0.2) is 9.80 Å². The lowest BCUT2D eigenvalue weighted by Gasteiger charge is -2.33. The highest BCUT2D eigenvalue weighted by Crippen LogP contribution is 2.41. The Hall–Kier alpha value is -4.62. The third-order valence-electron chi connectivity index (χ3n) is 7.42. The van der Waals surface area contributed by atoms with Gasteiger partial charge in [-0.1, -0.05) is 37.3 Å². The Morgan fingerprint density at radius 3 is 1.63 bits per heavy atom. The molecule has 7 nitrogen and oxygen atoms in total. The average molecular weight is 505 g/mol. The Morgan fingerprint density at radius 1 is 0.658 bits per heavy atom. The van der Waals surface area contributed by atoms with E-state index in [0.29, 0.717) is 35.0 Å². The number of amides is 4. The van der Waals surface area contributed by atoms with E-state index in [1.54, 1.807) is 48.5 Å². The molecular weight excluding hydrogens is 480 g/mol. The van der Waals surface area contributed by atoms with Crippen LogP contribution in [0.2, 0.25) is 0 Å². The molecule has 2 heterocycles. The normalized spacial score (nSPS) is 14.6. The van der Waals surface area contributed by atoms with Crippen LogP contribution in [0.3, 0.4) is 0 Å². The first-order chi connectivity index (χ1) is 18.4. The van der Waals surface area contributed by atoms with E-state index in [1.165, 1.54) is 4.90 Å². The second-order valence-corrected chi connectivity index (χ2v) is 9.54. The highest BCUT2D eigenvalue weighted by atomic mass is 16.3. The summed E-state index contributed by atoms with van der Waals surface area (Å²) < 4.78 is 0. The van der Waals surface area contributed by atoms with Crippen LogP contribution < -0.4 is 9.80 Å². The van der Waals surface area contributed by atoms with Crippen LogP contribution in [-0.2, 0) is 12.8 Å². The zero-order chi connectivity index (χ0) is 26.7. The van der Waals surface area contributed by atoms with Gasteiger partial charge in [-0.3, -0.25) is 19.2 Å². The highest BCUT2D eigenvalue weighted by molar-refractivity contribution is 6.42. The van der Waals surface area contributed by atoms with E-state index in [0.717, 1.165) is 21.6 Å². The van der Waals surface area contributed by atoms with E-state index in [-0.39, 0.29) is 28.9 Å². The van der Waals surface area contributed by atoms with Crippen LogP contribution in [0.1, 0.15) is 65.0 Å². The fourth-order valence-electron chi connectivity index (χ4n) is 5.58. The summed E-state index contributed by atoms with van der Waals surface area (Å²) in [5.41, 5.74) is 4.66. The number of carbonyl (C=O) groups excluding carboxylic acids is 4. The van der Waals surface area contributed by atoms with Crippen molar-refractivity contribution in [2.45, 2.75) is 26.7 Å². The molecule has 4 aromatic rings. The van der Waals surface area contributed by atoms with Crippen LogP contribution in [0.15, 0.2) is 66.7 Å². The van der Waals surface area contributed by atoms with Crippen molar-refractivity contribution in [2.24, 2.45) is 0 Å². The van der Waals surface area contributed by atoms with Crippen molar-refractivity contribution < 1.29 is 24.3 Å². The number of nitrogens with zero attached hydrogens (tertiary/aromatic N) is 2. The predicted molar refractivity (Wildman–Crippen MR) is 144 cm³/mol. The van der Waals surface area contributed by atoms with Crippen LogP contribution in [0.5, 0.6) is 0 Å². The zero-order valence-electron chi connectivity index (χ0n) is 20.9. The fourth-order valence-corrected chi connectivity index (χ4v) is 5.58. The molecule has 0 unspecified atom stereocenters. The number of rotatable bonds is 5. The maximum absolute atomic E-state index is 13.8. The van der Waals surface area contributed by atoms with E-state index >= 15 is 0 Å².